The Hall–Kier alpha value is -1.38. The summed E-state index contributed by atoms with van der Waals surface area (Å²) in [6.45, 7) is 5.85. The van der Waals surface area contributed by atoms with Crippen molar-refractivity contribution in [2.24, 2.45) is 0 Å². The number of hydrogen-bond acceptors (Lipinski definition) is 12. The lowest BCUT2D eigenvalue weighted by molar-refractivity contribution is -0.163. The third-order valence-electron chi connectivity index (χ3n) is 14.2. The third kappa shape index (κ3) is 48.3. The highest BCUT2D eigenvalue weighted by Gasteiger charge is 2.17. The molecule has 0 radical (unpaired) electrons. The van der Waals surface area contributed by atoms with Gasteiger partial charge in [0, 0.05) is 52.5 Å². The van der Waals surface area contributed by atoms with E-state index in [2.05, 4.69) is 23.9 Å². The number of unbranched alkanes of at least 4 members (excludes halogenated alkanes) is 24. The summed E-state index contributed by atoms with van der Waals surface area (Å²) in [5, 5.41) is 17.6. The van der Waals surface area contributed by atoms with Crippen LogP contribution in [0.25, 0.3) is 0 Å². The summed E-state index contributed by atoms with van der Waals surface area (Å²) in [5.74, 6) is -0.0431. The van der Waals surface area contributed by atoms with E-state index in [1.165, 1.54) is 141 Å². The van der Waals surface area contributed by atoms with Gasteiger partial charge in [-0.1, -0.05) is 128 Å². The van der Waals surface area contributed by atoms with E-state index in [0.29, 0.717) is 26.1 Å². The Morgan fingerprint density at radius 3 is 0.986 bits per heavy atom. The van der Waals surface area contributed by atoms with Gasteiger partial charge in [0.2, 0.25) is 0 Å². The third-order valence-corrected chi connectivity index (χ3v) is 14.2. The lowest BCUT2D eigenvalue weighted by Gasteiger charge is -2.22. The summed E-state index contributed by atoms with van der Waals surface area (Å²) in [6, 6.07) is 0. The van der Waals surface area contributed by atoms with Crippen molar-refractivity contribution in [3.05, 3.63) is 0 Å². The lowest BCUT2D eigenvalue weighted by atomic mass is 10.0. The van der Waals surface area contributed by atoms with Crippen LogP contribution in [0.5, 0.6) is 0 Å². The summed E-state index contributed by atoms with van der Waals surface area (Å²) in [5.41, 5.74) is 0. The van der Waals surface area contributed by atoms with Crippen LogP contribution < -0.4 is 0 Å². The second-order valence-electron chi connectivity index (χ2n) is 21.9. The van der Waals surface area contributed by atoms with Crippen LogP contribution in [0.15, 0.2) is 0 Å². The van der Waals surface area contributed by atoms with E-state index < -0.39 is 0 Å². The highest BCUT2D eigenvalue weighted by molar-refractivity contribution is 5.69. The van der Waals surface area contributed by atoms with Crippen molar-refractivity contribution in [3.8, 4) is 0 Å². The largest absolute Gasteiger partial charge is 0.462 e. The van der Waals surface area contributed by atoms with Crippen LogP contribution in [-0.4, -0.2) is 138 Å². The highest BCUT2D eigenvalue weighted by atomic mass is 16.7. The summed E-state index contributed by atoms with van der Waals surface area (Å²) in [4.78, 5) is 28.9. The molecule has 2 saturated heterocycles. The number of nitrogens with zero attached hydrogens (tertiary/aromatic N) is 2. The van der Waals surface area contributed by atoms with E-state index in [9.17, 15) is 9.59 Å². The van der Waals surface area contributed by atoms with Gasteiger partial charge >= 0.3 is 11.9 Å². The molecule has 2 N–H and O–H groups in total. The molecule has 0 bridgehead atoms. The number of hydrogen-bond donors (Lipinski definition) is 2. The Morgan fingerprint density at radius 2 is 0.708 bits per heavy atom. The van der Waals surface area contributed by atoms with Gasteiger partial charge in [-0.3, -0.25) is 9.59 Å². The van der Waals surface area contributed by atoms with Gasteiger partial charge in [0.15, 0.2) is 12.6 Å². The van der Waals surface area contributed by atoms with Crippen molar-refractivity contribution in [2.75, 3.05) is 80.9 Å². The molecular formula is C60H118N2O10. The number of ether oxygens (including phenoxy) is 6. The van der Waals surface area contributed by atoms with Crippen molar-refractivity contribution >= 4 is 11.9 Å². The number of esters is 2. The zero-order valence-corrected chi connectivity index (χ0v) is 47.7. The quantitative estimate of drug-likeness (QED) is 0.0443. The molecule has 2 rings (SSSR count). The molecule has 2 atom stereocenters. The van der Waals surface area contributed by atoms with Gasteiger partial charge in [-0.15, -0.1) is 0 Å². The van der Waals surface area contributed by atoms with Crippen LogP contribution in [0.3, 0.4) is 0 Å². The van der Waals surface area contributed by atoms with Crippen LogP contribution in [0.4, 0.5) is 0 Å². The maximum Gasteiger partial charge on any atom is 0.306 e. The molecule has 2 aliphatic heterocycles. The topological polar surface area (TPSA) is 136 Å². The molecule has 2 aliphatic rings. The number of aliphatic hydroxyl groups is 2. The van der Waals surface area contributed by atoms with E-state index in [-0.39, 0.29) is 36.7 Å². The Morgan fingerprint density at radius 1 is 0.417 bits per heavy atom. The Balaban J connectivity index is 0.000000765. The van der Waals surface area contributed by atoms with Crippen LogP contribution in [0, 0.1) is 0 Å². The lowest BCUT2D eigenvalue weighted by Crippen LogP contribution is -2.22. The van der Waals surface area contributed by atoms with Gasteiger partial charge in [-0.05, 0) is 170 Å². The zero-order chi connectivity index (χ0) is 52.2. The molecule has 0 amide bonds. The number of carbonyl (C=O) groups is 2. The average Bonchev–Trinajstić information content (AvgIpc) is 3.37. The molecule has 2 fully saturated rings. The maximum absolute atomic E-state index is 12.5. The summed E-state index contributed by atoms with van der Waals surface area (Å²) < 4.78 is 34.8. The maximum atomic E-state index is 12.5. The van der Waals surface area contributed by atoms with Crippen molar-refractivity contribution < 1.29 is 48.2 Å². The van der Waals surface area contributed by atoms with Gasteiger partial charge in [-0.2, -0.15) is 0 Å². The first kappa shape index (κ1) is 68.6. The molecular weight excluding hydrogens is 909 g/mol. The van der Waals surface area contributed by atoms with Crippen molar-refractivity contribution in [2.45, 2.75) is 294 Å². The molecule has 2 unspecified atom stereocenters. The van der Waals surface area contributed by atoms with Crippen molar-refractivity contribution in [3.63, 3.8) is 0 Å². The first-order valence-corrected chi connectivity index (χ1v) is 30.6. The van der Waals surface area contributed by atoms with Gasteiger partial charge < -0.3 is 48.4 Å². The average molecular weight is 1030 g/mol. The smallest absolute Gasteiger partial charge is 0.306 e. The number of aliphatic hydroxyl groups excluding tert-OH is 2. The van der Waals surface area contributed by atoms with E-state index in [0.717, 1.165) is 155 Å². The van der Waals surface area contributed by atoms with Gasteiger partial charge in [-0.25, -0.2) is 0 Å². The summed E-state index contributed by atoms with van der Waals surface area (Å²) in [7, 11) is 8.16. The fourth-order valence-corrected chi connectivity index (χ4v) is 9.66. The minimum atomic E-state index is -0.0325. The van der Waals surface area contributed by atoms with E-state index >= 15 is 0 Å². The highest BCUT2D eigenvalue weighted by Crippen LogP contribution is 2.21. The number of rotatable bonds is 50. The molecule has 0 spiro atoms. The van der Waals surface area contributed by atoms with Crippen LogP contribution in [0.2, 0.25) is 0 Å². The normalized spacial score (nSPS) is 16.6. The monoisotopic (exact) mass is 1030 g/mol. The molecule has 0 aromatic rings. The fraction of sp³-hybridized carbons (Fsp3) is 0.967. The molecule has 2 heterocycles. The SMILES string of the molecule is CN(C)CCCC(=O)OC(CCCCCCCCCO)CCCCCCCCCO.CN(C)CCCC(=O)OC(CCCCCCCCCOC1CCCCO1)CCCCCCCCCOC1CCCCO1. The number of carbonyl (C=O) groups excluding carboxylic acids is 2. The van der Waals surface area contributed by atoms with Gasteiger partial charge in [0.05, 0.1) is 0 Å². The van der Waals surface area contributed by atoms with E-state index in [4.69, 9.17) is 38.6 Å². The molecule has 428 valence electrons. The molecule has 72 heavy (non-hydrogen) atoms. The summed E-state index contributed by atoms with van der Waals surface area (Å²) in [6.07, 6.45) is 47.4. The van der Waals surface area contributed by atoms with Crippen LogP contribution in [0.1, 0.15) is 270 Å². The molecule has 0 aromatic heterocycles. The molecule has 12 heteroatoms. The fourth-order valence-electron chi connectivity index (χ4n) is 9.66. The predicted octanol–water partition coefficient (Wildman–Crippen LogP) is 14.0. The van der Waals surface area contributed by atoms with E-state index in [1.807, 2.05) is 14.1 Å². The first-order valence-electron chi connectivity index (χ1n) is 30.6. The van der Waals surface area contributed by atoms with Crippen LogP contribution in [-0.2, 0) is 38.0 Å². The predicted molar refractivity (Wildman–Crippen MR) is 296 cm³/mol. The molecule has 0 aliphatic carbocycles. The standard InChI is InChI=1S/C35H67NO6.C25H51NO4/c1-36(2)27-21-24-33(37)42-32(22-13-9-5-3-7-11-17-28-38-34-25-15-19-30-40-34)23-14-10-6-4-8-12-18-29-39-35-26-16-20-31-41-35;1-26(2)21-17-20-25(29)30-24(18-13-9-5-3-7-11-15-22-27)19-14-10-6-4-8-12-16-23-28/h32,34-35H,3-31H2,1-2H3;24,27-28H,3-23H2,1-2H3. The van der Waals surface area contributed by atoms with E-state index in [1.54, 1.807) is 0 Å². The van der Waals surface area contributed by atoms with Crippen molar-refractivity contribution in [1.82, 2.24) is 9.80 Å². The van der Waals surface area contributed by atoms with Crippen molar-refractivity contribution in [1.29, 1.82) is 0 Å². The summed E-state index contributed by atoms with van der Waals surface area (Å²) >= 11 is 0. The molecule has 12 nitrogen and oxygen atoms in total. The first-order chi connectivity index (χ1) is 35.2. The Bertz CT molecular complexity index is 1080. The zero-order valence-electron chi connectivity index (χ0n) is 47.7. The molecule has 0 saturated carbocycles. The Kier molecular flexibility index (Phi) is 50.6. The second-order valence-corrected chi connectivity index (χ2v) is 21.9. The minimum absolute atomic E-state index is 0.0106. The van der Waals surface area contributed by atoms with Gasteiger partial charge in [0.1, 0.15) is 12.2 Å². The minimum Gasteiger partial charge on any atom is -0.462 e. The van der Waals surface area contributed by atoms with Gasteiger partial charge in [0.25, 0.3) is 0 Å². The Labute approximate surface area is 443 Å². The molecule has 0 aromatic carbocycles. The second kappa shape index (κ2) is 53.0. The van der Waals surface area contributed by atoms with Crippen LogP contribution >= 0.6 is 0 Å².